The molecular weight excluding hydrogens is 230 g/mol. The summed E-state index contributed by atoms with van der Waals surface area (Å²) in [7, 11) is 0. The molecule has 1 aliphatic heterocycles. The highest BCUT2D eigenvalue weighted by Gasteiger charge is 2.17. The van der Waals surface area contributed by atoms with Gasteiger partial charge >= 0.3 is 0 Å². The van der Waals surface area contributed by atoms with Crippen molar-refractivity contribution >= 4 is 0 Å². The van der Waals surface area contributed by atoms with E-state index in [9.17, 15) is 0 Å². The van der Waals surface area contributed by atoms with Crippen LogP contribution < -0.4 is 15.2 Å². The van der Waals surface area contributed by atoms with Gasteiger partial charge in [0.25, 0.3) is 0 Å². The highest BCUT2D eigenvalue weighted by molar-refractivity contribution is 5.71. The Morgan fingerprint density at radius 2 is 2.17 bits per heavy atom. The zero-order chi connectivity index (χ0) is 12.5. The maximum atomic E-state index is 5.61. The number of nitrogens with zero attached hydrogens (tertiary/aromatic N) is 1. The molecule has 0 radical (unpaired) electrons. The molecule has 2 aromatic rings. The average Bonchev–Trinajstić information content (AvgIpc) is 2.96. The van der Waals surface area contributed by atoms with E-state index in [1.165, 1.54) is 0 Å². The van der Waals surface area contributed by atoms with Crippen molar-refractivity contribution in [3.63, 3.8) is 0 Å². The van der Waals surface area contributed by atoms with Crippen LogP contribution in [0.4, 0.5) is 0 Å². The van der Waals surface area contributed by atoms with Crippen LogP contribution >= 0.6 is 0 Å². The fourth-order valence-electron chi connectivity index (χ4n) is 2.23. The van der Waals surface area contributed by atoms with Crippen LogP contribution in [0.5, 0.6) is 11.5 Å². The fourth-order valence-corrected chi connectivity index (χ4v) is 2.23. The monoisotopic (exact) mass is 245 g/mol. The normalized spacial score (nSPS) is 13.0. The number of fused-ring (bicyclic) bond motifs is 1. The quantitative estimate of drug-likeness (QED) is 0.861. The first-order valence-corrected chi connectivity index (χ1v) is 5.93. The van der Waals surface area contributed by atoms with E-state index in [0.29, 0.717) is 13.3 Å². The second-order valence-electron chi connectivity index (χ2n) is 4.28. The maximum absolute atomic E-state index is 5.61. The molecule has 1 aromatic heterocycles. The Morgan fingerprint density at radius 3 is 3.00 bits per heavy atom. The molecule has 18 heavy (non-hydrogen) atoms. The van der Waals surface area contributed by atoms with Crippen molar-refractivity contribution in [1.29, 1.82) is 0 Å². The Balaban J connectivity index is 2.06. The Kier molecular flexibility index (Phi) is 2.68. The third-order valence-electron chi connectivity index (χ3n) is 3.06. The Labute approximate surface area is 105 Å². The minimum Gasteiger partial charge on any atom is -0.454 e. The number of aromatic nitrogens is 2. The van der Waals surface area contributed by atoms with E-state index in [1.807, 2.05) is 25.1 Å². The van der Waals surface area contributed by atoms with Crippen LogP contribution in [-0.2, 0) is 6.42 Å². The molecule has 3 N–H and O–H groups in total. The Hall–Kier alpha value is -2.01. The molecule has 2 heterocycles. The average molecular weight is 245 g/mol. The Bertz CT molecular complexity index is 578. The number of nitrogens with one attached hydrogen (secondary N) is 1. The summed E-state index contributed by atoms with van der Waals surface area (Å²) in [6, 6.07) is 5.93. The van der Waals surface area contributed by atoms with Gasteiger partial charge in [0.1, 0.15) is 0 Å². The van der Waals surface area contributed by atoms with E-state index in [2.05, 4.69) is 10.2 Å². The number of aryl methyl sites for hydroxylation is 1. The van der Waals surface area contributed by atoms with Gasteiger partial charge in [-0.3, -0.25) is 5.10 Å². The number of ether oxygens (including phenoxy) is 2. The summed E-state index contributed by atoms with van der Waals surface area (Å²) >= 11 is 0. The van der Waals surface area contributed by atoms with E-state index in [-0.39, 0.29) is 0 Å². The van der Waals surface area contributed by atoms with Gasteiger partial charge in [0.05, 0.1) is 5.69 Å². The molecule has 3 rings (SSSR count). The predicted molar refractivity (Wildman–Crippen MR) is 67.6 cm³/mol. The highest BCUT2D eigenvalue weighted by Crippen LogP contribution is 2.37. The smallest absolute Gasteiger partial charge is 0.231 e. The molecule has 0 saturated heterocycles. The van der Waals surface area contributed by atoms with Crippen LogP contribution in [0.3, 0.4) is 0 Å². The largest absolute Gasteiger partial charge is 0.454 e. The SMILES string of the molecule is Cc1[nH]nc(CCN)c1-c1ccc2c(c1)OCO2. The van der Waals surface area contributed by atoms with Gasteiger partial charge in [-0.2, -0.15) is 5.10 Å². The van der Waals surface area contributed by atoms with Crippen LogP contribution in [0.15, 0.2) is 18.2 Å². The number of hydrogen-bond donors (Lipinski definition) is 2. The summed E-state index contributed by atoms with van der Waals surface area (Å²) in [5, 5.41) is 7.31. The summed E-state index contributed by atoms with van der Waals surface area (Å²) in [6.07, 6.45) is 0.758. The first kappa shape index (κ1) is 11.1. The van der Waals surface area contributed by atoms with Crippen molar-refractivity contribution in [2.45, 2.75) is 13.3 Å². The van der Waals surface area contributed by atoms with Crippen molar-refractivity contribution in [3.8, 4) is 22.6 Å². The molecule has 0 amide bonds. The van der Waals surface area contributed by atoms with Crippen molar-refractivity contribution in [1.82, 2.24) is 10.2 Å². The van der Waals surface area contributed by atoms with Crippen LogP contribution in [0, 0.1) is 6.92 Å². The van der Waals surface area contributed by atoms with Crippen LogP contribution in [0.25, 0.3) is 11.1 Å². The lowest BCUT2D eigenvalue weighted by Crippen LogP contribution is -2.04. The third-order valence-corrected chi connectivity index (χ3v) is 3.06. The number of nitrogens with two attached hydrogens (primary N) is 1. The zero-order valence-corrected chi connectivity index (χ0v) is 10.2. The van der Waals surface area contributed by atoms with E-state index in [0.717, 1.165) is 40.4 Å². The topological polar surface area (TPSA) is 73.2 Å². The van der Waals surface area contributed by atoms with E-state index < -0.39 is 0 Å². The number of H-pyrrole nitrogens is 1. The second-order valence-corrected chi connectivity index (χ2v) is 4.28. The van der Waals surface area contributed by atoms with Gasteiger partial charge in [0.15, 0.2) is 11.5 Å². The molecule has 0 saturated carbocycles. The van der Waals surface area contributed by atoms with Crippen molar-refractivity contribution in [3.05, 3.63) is 29.6 Å². The van der Waals surface area contributed by atoms with Crippen molar-refractivity contribution in [2.24, 2.45) is 5.73 Å². The summed E-state index contributed by atoms with van der Waals surface area (Å²) in [5.74, 6) is 1.58. The molecule has 5 heteroatoms. The molecule has 5 nitrogen and oxygen atoms in total. The number of hydrogen-bond acceptors (Lipinski definition) is 4. The molecule has 0 aliphatic carbocycles. The standard InChI is InChI=1S/C13H15N3O2/c1-8-13(10(4-5-14)16-15-8)9-2-3-11-12(6-9)18-7-17-11/h2-3,6H,4-5,7,14H2,1H3,(H,15,16). The number of benzene rings is 1. The van der Waals surface area contributed by atoms with Crippen LogP contribution in [0.1, 0.15) is 11.4 Å². The highest BCUT2D eigenvalue weighted by atomic mass is 16.7. The number of aromatic amines is 1. The molecular formula is C13H15N3O2. The zero-order valence-electron chi connectivity index (χ0n) is 10.2. The van der Waals surface area contributed by atoms with Gasteiger partial charge in [-0.05, 0) is 31.2 Å². The van der Waals surface area contributed by atoms with Gasteiger partial charge in [0, 0.05) is 17.7 Å². The summed E-state index contributed by atoms with van der Waals surface area (Å²) in [6.45, 7) is 2.88. The molecule has 0 atom stereocenters. The maximum Gasteiger partial charge on any atom is 0.231 e. The van der Waals surface area contributed by atoms with E-state index in [4.69, 9.17) is 15.2 Å². The third kappa shape index (κ3) is 1.73. The van der Waals surface area contributed by atoms with Crippen molar-refractivity contribution < 1.29 is 9.47 Å². The Morgan fingerprint density at radius 1 is 1.33 bits per heavy atom. The first-order valence-electron chi connectivity index (χ1n) is 5.93. The predicted octanol–water partition coefficient (Wildman–Crippen LogP) is 1.62. The number of rotatable bonds is 3. The lowest BCUT2D eigenvalue weighted by molar-refractivity contribution is 0.174. The molecule has 0 unspecified atom stereocenters. The van der Waals surface area contributed by atoms with Gasteiger partial charge < -0.3 is 15.2 Å². The van der Waals surface area contributed by atoms with Gasteiger partial charge in [-0.15, -0.1) is 0 Å². The molecule has 0 bridgehead atoms. The van der Waals surface area contributed by atoms with E-state index in [1.54, 1.807) is 0 Å². The summed E-state index contributed by atoms with van der Waals surface area (Å²) in [5.41, 5.74) is 9.83. The molecule has 1 aliphatic rings. The minimum absolute atomic E-state index is 0.290. The van der Waals surface area contributed by atoms with E-state index >= 15 is 0 Å². The van der Waals surface area contributed by atoms with Crippen molar-refractivity contribution in [2.75, 3.05) is 13.3 Å². The first-order chi connectivity index (χ1) is 8.79. The van der Waals surface area contributed by atoms with Crippen LogP contribution in [0.2, 0.25) is 0 Å². The summed E-state index contributed by atoms with van der Waals surface area (Å²) < 4.78 is 10.7. The molecule has 94 valence electrons. The molecule has 0 spiro atoms. The summed E-state index contributed by atoms with van der Waals surface area (Å²) in [4.78, 5) is 0. The lowest BCUT2D eigenvalue weighted by Gasteiger charge is -2.05. The molecule has 1 aromatic carbocycles. The fraction of sp³-hybridized carbons (Fsp3) is 0.308. The lowest BCUT2D eigenvalue weighted by atomic mass is 10.0. The van der Waals surface area contributed by atoms with Gasteiger partial charge in [-0.1, -0.05) is 6.07 Å². The minimum atomic E-state index is 0.290. The van der Waals surface area contributed by atoms with Gasteiger partial charge in [-0.25, -0.2) is 0 Å². The second kappa shape index (κ2) is 4.34. The van der Waals surface area contributed by atoms with Crippen LogP contribution in [-0.4, -0.2) is 23.5 Å². The molecule has 0 fully saturated rings. The van der Waals surface area contributed by atoms with Gasteiger partial charge in [0.2, 0.25) is 6.79 Å².